The number of aryl methyl sites for hydroxylation is 2. The fourth-order valence-corrected chi connectivity index (χ4v) is 4.63. The van der Waals surface area contributed by atoms with Gasteiger partial charge in [-0.3, -0.25) is 19.1 Å². The Balaban J connectivity index is 1.49. The van der Waals surface area contributed by atoms with Crippen LogP contribution < -0.4 is 5.56 Å². The number of thiophene rings is 1. The molecule has 6 nitrogen and oxygen atoms in total. The van der Waals surface area contributed by atoms with Gasteiger partial charge >= 0.3 is 0 Å². The van der Waals surface area contributed by atoms with Gasteiger partial charge < -0.3 is 4.90 Å². The number of rotatable bonds is 7. The first-order valence-electron chi connectivity index (χ1n) is 10.2. The number of carbonyl (C=O) groups is 1. The minimum Gasteiger partial charge on any atom is -0.345 e. The van der Waals surface area contributed by atoms with Crippen molar-refractivity contribution in [1.82, 2.24) is 19.4 Å². The highest BCUT2D eigenvalue weighted by atomic mass is 32.1. The van der Waals surface area contributed by atoms with E-state index in [0.717, 1.165) is 32.8 Å². The molecule has 0 N–H and O–H groups in total. The van der Waals surface area contributed by atoms with Crippen molar-refractivity contribution < 1.29 is 4.79 Å². The van der Waals surface area contributed by atoms with E-state index in [1.165, 1.54) is 11.3 Å². The topological polar surface area (TPSA) is 68.1 Å². The molecule has 31 heavy (non-hydrogen) atoms. The molecule has 7 heteroatoms. The summed E-state index contributed by atoms with van der Waals surface area (Å²) >= 11 is 1.53. The average Bonchev–Trinajstić information content (AvgIpc) is 3.14. The number of nitrogens with zero attached hydrogens (tertiary/aromatic N) is 4. The van der Waals surface area contributed by atoms with E-state index in [2.05, 4.69) is 9.97 Å². The van der Waals surface area contributed by atoms with Crippen LogP contribution in [0, 0.1) is 6.92 Å². The van der Waals surface area contributed by atoms with Crippen molar-refractivity contribution in [1.29, 1.82) is 0 Å². The van der Waals surface area contributed by atoms with Gasteiger partial charge in [0.1, 0.15) is 4.83 Å². The first-order chi connectivity index (χ1) is 15.0. The lowest BCUT2D eigenvalue weighted by atomic mass is 10.0. The molecular weight excluding hydrogens is 408 g/mol. The maximum absolute atomic E-state index is 13.2. The molecule has 0 aliphatic heterocycles. The predicted octanol–water partition coefficient (Wildman–Crippen LogP) is 3.92. The summed E-state index contributed by atoms with van der Waals surface area (Å²) in [5.74, 6) is 0.00540. The molecule has 0 spiro atoms. The summed E-state index contributed by atoms with van der Waals surface area (Å²) in [6.07, 6.45) is 6.08. The van der Waals surface area contributed by atoms with Gasteiger partial charge in [-0.1, -0.05) is 30.3 Å². The predicted molar refractivity (Wildman–Crippen MR) is 124 cm³/mol. The second-order valence-corrected chi connectivity index (χ2v) is 8.70. The van der Waals surface area contributed by atoms with Crippen molar-refractivity contribution >= 4 is 27.5 Å². The number of carbonyl (C=O) groups excluding carboxylic acids is 1. The highest BCUT2D eigenvalue weighted by Crippen LogP contribution is 2.35. The fourth-order valence-electron chi connectivity index (χ4n) is 3.63. The van der Waals surface area contributed by atoms with Gasteiger partial charge in [0, 0.05) is 49.4 Å². The van der Waals surface area contributed by atoms with Gasteiger partial charge in [0.25, 0.3) is 5.56 Å². The molecule has 0 unspecified atom stereocenters. The minimum absolute atomic E-state index is 0.00540. The largest absolute Gasteiger partial charge is 0.345 e. The summed E-state index contributed by atoms with van der Waals surface area (Å²) in [7, 11) is 1.80. The molecule has 1 amide bonds. The quantitative estimate of drug-likeness (QED) is 0.444. The SMILES string of the molecule is Cc1sc2ncn(CCC(=O)N(C)CCc3ccncc3)c(=O)c2c1-c1ccccc1. The molecular formula is C24H24N4O2S. The summed E-state index contributed by atoms with van der Waals surface area (Å²) < 4.78 is 1.55. The zero-order valence-electron chi connectivity index (χ0n) is 17.6. The molecule has 0 saturated heterocycles. The highest BCUT2D eigenvalue weighted by molar-refractivity contribution is 7.19. The van der Waals surface area contributed by atoms with Crippen molar-refractivity contribution in [2.45, 2.75) is 26.3 Å². The lowest BCUT2D eigenvalue weighted by Gasteiger charge is -2.17. The summed E-state index contributed by atoms with van der Waals surface area (Å²) in [5.41, 5.74) is 2.99. The molecule has 1 aromatic carbocycles. The van der Waals surface area contributed by atoms with E-state index in [4.69, 9.17) is 0 Å². The molecule has 0 bridgehead atoms. The Morgan fingerprint density at radius 1 is 1.13 bits per heavy atom. The molecule has 3 heterocycles. The maximum Gasteiger partial charge on any atom is 0.262 e. The van der Waals surface area contributed by atoms with Crippen LogP contribution in [0.3, 0.4) is 0 Å². The molecule has 0 aliphatic rings. The number of fused-ring (bicyclic) bond motifs is 1. The Morgan fingerprint density at radius 2 is 1.87 bits per heavy atom. The number of hydrogen-bond donors (Lipinski definition) is 0. The first-order valence-corrected chi connectivity index (χ1v) is 11.0. The van der Waals surface area contributed by atoms with Crippen LogP contribution in [0.15, 0.2) is 66.0 Å². The molecule has 4 rings (SSSR count). The molecule has 158 valence electrons. The highest BCUT2D eigenvalue weighted by Gasteiger charge is 2.17. The normalized spacial score (nSPS) is 11.0. The minimum atomic E-state index is -0.0968. The van der Waals surface area contributed by atoms with E-state index in [-0.39, 0.29) is 17.9 Å². The van der Waals surface area contributed by atoms with Gasteiger partial charge in [0.2, 0.25) is 5.91 Å². The first kappa shape index (κ1) is 20.9. The number of aromatic nitrogens is 3. The van der Waals surface area contributed by atoms with Gasteiger partial charge in [0.05, 0.1) is 11.7 Å². The van der Waals surface area contributed by atoms with Crippen LogP contribution in [0.2, 0.25) is 0 Å². The molecule has 3 aromatic heterocycles. The van der Waals surface area contributed by atoms with Gasteiger partial charge in [0.15, 0.2) is 0 Å². The van der Waals surface area contributed by atoms with E-state index in [1.54, 1.807) is 35.2 Å². The van der Waals surface area contributed by atoms with E-state index in [0.29, 0.717) is 18.5 Å². The van der Waals surface area contributed by atoms with Crippen LogP contribution in [0.25, 0.3) is 21.3 Å². The molecule has 0 atom stereocenters. The molecule has 0 fully saturated rings. The lowest BCUT2D eigenvalue weighted by Crippen LogP contribution is -2.31. The van der Waals surface area contributed by atoms with E-state index >= 15 is 0 Å². The Labute approximate surface area is 184 Å². The third kappa shape index (κ3) is 4.56. The van der Waals surface area contributed by atoms with Gasteiger partial charge in [-0.05, 0) is 36.6 Å². The number of pyridine rings is 1. The third-order valence-electron chi connectivity index (χ3n) is 5.39. The zero-order valence-corrected chi connectivity index (χ0v) is 18.4. The van der Waals surface area contributed by atoms with Gasteiger partial charge in [-0.15, -0.1) is 11.3 Å². The Bertz CT molecular complexity index is 1250. The van der Waals surface area contributed by atoms with E-state index in [1.807, 2.05) is 49.4 Å². The van der Waals surface area contributed by atoms with E-state index < -0.39 is 0 Å². The summed E-state index contributed by atoms with van der Waals surface area (Å²) in [4.78, 5) is 37.8. The van der Waals surface area contributed by atoms with Crippen molar-refractivity contribution in [2.75, 3.05) is 13.6 Å². The summed E-state index contributed by atoms with van der Waals surface area (Å²) in [6.45, 7) is 2.94. The second-order valence-electron chi connectivity index (χ2n) is 7.49. The van der Waals surface area contributed by atoms with Crippen LogP contribution in [-0.4, -0.2) is 38.9 Å². The van der Waals surface area contributed by atoms with Crippen LogP contribution >= 0.6 is 11.3 Å². The summed E-state index contributed by atoms with van der Waals surface area (Å²) in [5, 5.41) is 0.634. The molecule has 4 aromatic rings. The number of benzene rings is 1. The number of likely N-dealkylation sites (N-methyl/N-ethyl adjacent to an activating group) is 1. The smallest absolute Gasteiger partial charge is 0.262 e. The molecule has 0 saturated carbocycles. The number of amides is 1. The molecule has 0 radical (unpaired) electrons. The van der Waals surface area contributed by atoms with Crippen LogP contribution in [0.1, 0.15) is 16.9 Å². The molecule has 0 aliphatic carbocycles. The van der Waals surface area contributed by atoms with Crippen LogP contribution in [-0.2, 0) is 17.8 Å². The average molecular weight is 433 g/mol. The van der Waals surface area contributed by atoms with Crippen LogP contribution in [0.4, 0.5) is 0 Å². The third-order valence-corrected chi connectivity index (χ3v) is 6.41. The van der Waals surface area contributed by atoms with E-state index in [9.17, 15) is 9.59 Å². The number of hydrogen-bond acceptors (Lipinski definition) is 5. The standard InChI is InChI=1S/C24H24N4O2S/c1-17-21(19-6-4-3-5-7-19)22-23(31-17)26-16-28(24(22)30)15-11-20(29)27(2)14-10-18-8-12-25-13-9-18/h3-9,12-13,16H,10-11,14-15H2,1-2H3. The second kappa shape index (κ2) is 9.22. The van der Waals surface area contributed by atoms with Crippen molar-refractivity contribution in [2.24, 2.45) is 0 Å². The van der Waals surface area contributed by atoms with Crippen molar-refractivity contribution in [3.05, 3.63) is 82.0 Å². The Kier molecular flexibility index (Phi) is 6.23. The monoisotopic (exact) mass is 432 g/mol. The van der Waals surface area contributed by atoms with Crippen molar-refractivity contribution in [3.8, 4) is 11.1 Å². The summed E-state index contributed by atoms with van der Waals surface area (Å²) in [6, 6.07) is 13.8. The Hall–Kier alpha value is -3.32. The zero-order chi connectivity index (χ0) is 21.8. The van der Waals surface area contributed by atoms with Crippen molar-refractivity contribution in [3.63, 3.8) is 0 Å². The fraction of sp³-hybridized carbons (Fsp3) is 0.250. The van der Waals surface area contributed by atoms with Gasteiger partial charge in [-0.2, -0.15) is 0 Å². The lowest BCUT2D eigenvalue weighted by molar-refractivity contribution is -0.130. The Morgan fingerprint density at radius 3 is 2.61 bits per heavy atom. The maximum atomic E-state index is 13.2. The van der Waals surface area contributed by atoms with Gasteiger partial charge in [-0.25, -0.2) is 4.98 Å². The van der Waals surface area contributed by atoms with Crippen LogP contribution in [0.5, 0.6) is 0 Å².